The molecular formula is C17H32N2O3. The topological polar surface area (TPSA) is 75.3 Å². The summed E-state index contributed by atoms with van der Waals surface area (Å²) in [5.74, 6) is -0.504. The van der Waals surface area contributed by atoms with Gasteiger partial charge in [-0.15, -0.1) is 0 Å². The van der Waals surface area contributed by atoms with E-state index in [4.69, 9.17) is 0 Å². The molecule has 0 aliphatic carbocycles. The number of hydrogen-bond donors (Lipinski definition) is 2. The van der Waals surface area contributed by atoms with Crippen molar-refractivity contribution >= 4 is 17.6 Å². The van der Waals surface area contributed by atoms with Gasteiger partial charge in [-0.1, -0.05) is 48.5 Å². The van der Waals surface area contributed by atoms with E-state index in [0.29, 0.717) is 0 Å². The van der Waals surface area contributed by atoms with Gasteiger partial charge in [-0.25, -0.2) is 0 Å². The summed E-state index contributed by atoms with van der Waals surface area (Å²) in [5, 5.41) is 5.59. The molecule has 0 aliphatic rings. The van der Waals surface area contributed by atoms with Crippen LogP contribution in [0, 0.1) is 23.7 Å². The maximum Gasteiger partial charge on any atom is 0.243 e. The quantitative estimate of drug-likeness (QED) is 0.721. The summed E-state index contributed by atoms with van der Waals surface area (Å²) in [6, 6.07) is -1.15. The average molecular weight is 312 g/mol. The fourth-order valence-electron chi connectivity index (χ4n) is 2.10. The zero-order valence-corrected chi connectivity index (χ0v) is 15.2. The summed E-state index contributed by atoms with van der Waals surface area (Å²) in [6.45, 7) is 14.8. The second-order valence-electron chi connectivity index (χ2n) is 7.10. The summed E-state index contributed by atoms with van der Waals surface area (Å²) in [4.78, 5) is 36.3. The third kappa shape index (κ3) is 6.16. The Morgan fingerprint density at radius 2 is 1.05 bits per heavy atom. The standard InChI is InChI=1S/C17H32N2O3/c1-9(2)12(7)16(21)19-15(11(5)6)17(22)18-14(10(3)4)13(8)20/h9-12,14-15H,1-8H3,(H,18,22)(H,19,21). The Bertz CT molecular complexity index is 403. The molecule has 0 aliphatic heterocycles. The predicted molar refractivity (Wildman–Crippen MR) is 88.2 cm³/mol. The van der Waals surface area contributed by atoms with E-state index < -0.39 is 12.1 Å². The summed E-state index contributed by atoms with van der Waals surface area (Å²) in [7, 11) is 0. The molecule has 0 fully saturated rings. The maximum atomic E-state index is 12.5. The van der Waals surface area contributed by atoms with E-state index >= 15 is 0 Å². The van der Waals surface area contributed by atoms with Crippen molar-refractivity contribution in [3.63, 3.8) is 0 Å². The van der Waals surface area contributed by atoms with Crippen LogP contribution in [0.3, 0.4) is 0 Å². The maximum absolute atomic E-state index is 12.5. The Morgan fingerprint density at radius 3 is 1.36 bits per heavy atom. The molecule has 0 aromatic carbocycles. The van der Waals surface area contributed by atoms with Crippen molar-refractivity contribution in [1.29, 1.82) is 0 Å². The lowest BCUT2D eigenvalue weighted by Crippen LogP contribution is -2.55. The normalized spacial score (nSPS) is 15.6. The summed E-state index contributed by atoms with van der Waals surface area (Å²) >= 11 is 0. The molecule has 22 heavy (non-hydrogen) atoms. The molecule has 0 bridgehead atoms. The van der Waals surface area contributed by atoms with Crippen molar-refractivity contribution < 1.29 is 14.4 Å². The van der Waals surface area contributed by atoms with Crippen LogP contribution in [0.4, 0.5) is 0 Å². The zero-order chi connectivity index (χ0) is 17.6. The number of carbonyl (C=O) groups excluding carboxylic acids is 3. The summed E-state index contributed by atoms with van der Waals surface area (Å²) < 4.78 is 0. The molecule has 5 nitrogen and oxygen atoms in total. The minimum Gasteiger partial charge on any atom is -0.344 e. The van der Waals surface area contributed by atoms with Gasteiger partial charge in [0, 0.05) is 5.92 Å². The van der Waals surface area contributed by atoms with Crippen LogP contribution in [0.25, 0.3) is 0 Å². The third-order valence-corrected chi connectivity index (χ3v) is 4.06. The molecule has 0 heterocycles. The van der Waals surface area contributed by atoms with E-state index in [1.54, 1.807) is 0 Å². The van der Waals surface area contributed by atoms with E-state index in [2.05, 4.69) is 10.6 Å². The Morgan fingerprint density at radius 1 is 0.636 bits per heavy atom. The Kier molecular flexibility index (Phi) is 8.35. The molecule has 0 aromatic heterocycles. The van der Waals surface area contributed by atoms with Crippen LogP contribution in [0.5, 0.6) is 0 Å². The zero-order valence-electron chi connectivity index (χ0n) is 15.2. The highest BCUT2D eigenvalue weighted by Gasteiger charge is 2.30. The van der Waals surface area contributed by atoms with Gasteiger partial charge in [0.05, 0.1) is 6.04 Å². The lowest BCUT2D eigenvalue weighted by atomic mass is 9.95. The molecule has 2 amide bonds. The SMILES string of the molecule is CC(=O)C(NC(=O)C(NC(=O)C(C)C(C)C)C(C)C)C(C)C. The monoisotopic (exact) mass is 312 g/mol. The van der Waals surface area contributed by atoms with Gasteiger partial charge < -0.3 is 10.6 Å². The van der Waals surface area contributed by atoms with Crippen molar-refractivity contribution in [2.45, 2.75) is 67.5 Å². The van der Waals surface area contributed by atoms with Crippen LogP contribution < -0.4 is 10.6 Å². The van der Waals surface area contributed by atoms with Crippen LogP contribution in [0.2, 0.25) is 0 Å². The van der Waals surface area contributed by atoms with Gasteiger partial charge in [0.1, 0.15) is 6.04 Å². The highest BCUT2D eigenvalue weighted by Crippen LogP contribution is 2.12. The fourth-order valence-corrected chi connectivity index (χ4v) is 2.10. The number of rotatable bonds is 8. The molecule has 128 valence electrons. The predicted octanol–water partition coefficient (Wildman–Crippen LogP) is 2.15. The number of hydrogen-bond acceptors (Lipinski definition) is 3. The van der Waals surface area contributed by atoms with Gasteiger partial charge in [-0.3, -0.25) is 14.4 Å². The number of ketones is 1. The first-order chi connectivity index (χ1) is 9.98. The second kappa shape index (κ2) is 8.91. The molecular weight excluding hydrogens is 280 g/mol. The van der Waals surface area contributed by atoms with Crippen LogP contribution in [-0.4, -0.2) is 29.7 Å². The second-order valence-corrected chi connectivity index (χ2v) is 7.10. The molecule has 0 rings (SSSR count). The Balaban J connectivity index is 4.99. The fraction of sp³-hybridized carbons (Fsp3) is 0.824. The highest BCUT2D eigenvalue weighted by molar-refractivity contribution is 5.92. The lowest BCUT2D eigenvalue weighted by Gasteiger charge is -2.27. The molecule has 0 radical (unpaired) electrons. The van der Waals surface area contributed by atoms with Crippen LogP contribution in [0.1, 0.15) is 55.4 Å². The van der Waals surface area contributed by atoms with E-state index in [1.807, 2.05) is 48.5 Å². The number of nitrogens with one attached hydrogen (secondary N) is 2. The van der Waals surface area contributed by atoms with Crippen LogP contribution >= 0.6 is 0 Å². The molecule has 3 unspecified atom stereocenters. The van der Waals surface area contributed by atoms with Crippen LogP contribution in [0.15, 0.2) is 0 Å². The lowest BCUT2D eigenvalue weighted by molar-refractivity contribution is -0.134. The van der Waals surface area contributed by atoms with E-state index in [0.717, 1.165) is 0 Å². The minimum absolute atomic E-state index is 0.0135. The first-order valence-corrected chi connectivity index (χ1v) is 8.10. The first kappa shape index (κ1) is 20.6. The van der Waals surface area contributed by atoms with Crippen molar-refractivity contribution in [1.82, 2.24) is 10.6 Å². The van der Waals surface area contributed by atoms with Gasteiger partial charge in [0.25, 0.3) is 0 Å². The molecule has 0 saturated carbocycles. The van der Waals surface area contributed by atoms with E-state index in [1.165, 1.54) is 6.92 Å². The van der Waals surface area contributed by atoms with Gasteiger partial charge in [0.15, 0.2) is 5.78 Å². The molecule has 0 saturated heterocycles. The summed E-state index contributed by atoms with van der Waals surface area (Å²) in [5.41, 5.74) is 0. The number of Topliss-reactive ketones (excluding diaryl/α,β-unsaturated/α-hetero) is 1. The third-order valence-electron chi connectivity index (χ3n) is 4.06. The molecule has 0 aromatic rings. The molecule has 2 N–H and O–H groups in total. The first-order valence-electron chi connectivity index (χ1n) is 8.10. The van der Waals surface area contributed by atoms with Crippen molar-refractivity contribution in [2.75, 3.05) is 0 Å². The van der Waals surface area contributed by atoms with E-state index in [9.17, 15) is 14.4 Å². The Labute approximate surface area is 134 Å². The molecule has 0 spiro atoms. The molecule has 3 atom stereocenters. The minimum atomic E-state index is -0.630. The van der Waals surface area contributed by atoms with Gasteiger partial charge in [-0.2, -0.15) is 0 Å². The number of amides is 2. The van der Waals surface area contributed by atoms with Crippen molar-refractivity contribution in [2.24, 2.45) is 23.7 Å². The molecule has 5 heteroatoms. The van der Waals surface area contributed by atoms with Gasteiger partial charge in [-0.05, 0) is 24.7 Å². The smallest absolute Gasteiger partial charge is 0.243 e. The van der Waals surface area contributed by atoms with Crippen molar-refractivity contribution in [3.05, 3.63) is 0 Å². The average Bonchev–Trinajstić information content (AvgIpc) is 2.39. The van der Waals surface area contributed by atoms with E-state index in [-0.39, 0.29) is 41.3 Å². The Hall–Kier alpha value is -1.39. The van der Waals surface area contributed by atoms with Gasteiger partial charge in [0.2, 0.25) is 11.8 Å². The largest absolute Gasteiger partial charge is 0.344 e. The summed E-state index contributed by atoms with van der Waals surface area (Å²) in [6.07, 6.45) is 0. The van der Waals surface area contributed by atoms with Gasteiger partial charge >= 0.3 is 0 Å². The van der Waals surface area contributed by atoms with Crippen LogP contribution in [-0.2, 0) is 14.4 Å². The number of carbonyl (C=O) groups is 3. The highest BCUT2D eigenvalue weighted by atomic mass is 16.2. The van der Waals surface area contributed by atoms with Crippen molar-refractivity contribution in [3.8, 4) is 0 Å².